The SMILES string of the molecule is CC(C)(C)CNCCN(CC(Cc1ccccc1)c1ccc(O)c2[nH]c(=O)sc12)C(=O)O. The number of benzene rings is 2. The minimum absolute atomic E-state index is 0.0158. The zero-order chi connectivity index (χ0) is 23.3. The molecule has 1 unspecified atom stereocenters. The summed E-state index contributed by atoms with van der Waals surface area (Å²) in [4.78, 5) is 27.9. The molecule has 0 aliphatic rings. The van der Waals surface area contributed by atoms with Crippen molar-refractivity contribution in [2.75, 3.05) is 26.2 Å². The lowest BCUT2D eigenvalue weighted by Crippen LogP contribution is -2.40. The predicted molar refractivity (Wildman–Crippen MR) is 129 cm³/mol. The summed E-state index contributed by atoms with van der Waals surface area (Å²) in [5.74, 6) is -0.160. The van der Waals surface area contributed by atoms with Gasteiger partial charge in [0, 0.05) is 32.1 Å². The number of phenolic OH excluding ortho intramolecular Hbond substituents is 1. The van der Waals surface area contributed by atoms with E-state index in [1.807, 2.05) is 30.3 Å². The van der Waals surface area contributed by atoms with Crippen LogP contribution in [0, 0.1) is 5.41 Å². The molecule has 0 aliphatic carbocycles. The molecule has 0 radical (unpaired) electrons. The number of fused-ring (bicyclic) bond motifs is 1. The van der Waals surface area contributed by atoms with Gasteiger partial charge < -0.3 is 25.4 Å². The molecule has 172 valence electrons. The van der Waals surface area contributed by atoms with Crippen LogP contribution in [-0.4, -0.2) is 52.4 Å². The number of aromatic amines is 1. The van der Waals surface area contributed by atoms with E-state index in [2.05, 4.69) is 31.1 Å². The summed E-state index contributed by atoms with van der Waals surface area (Å²) in [5, 5.41) is 23.4. The minimum Gasteiger partial charge on any atom is -0.506 e. The van der Waals surface area contributed by atoms with Crippen molar-refractivity contribution in [1.82, 2.24) is 15.2 Å². The van der Waals surface area contributed by atoms with Crippen LogP contribution in [0.5, 0.6) is 5.75 Å². The Hall–Kier alpha value is -2.84. The van der Waals surface area contributed by atoms with Crippen molar-refractivity contribution in [1.29, 1.82) is 0 Å². The fourth-order valence-electron chi connectivity index (χ4n) is 3.74. The van der Waals surface area contributed by atoms with Crippen LogP contribution in [0.25, 0.3) is 10.2 Å². The van der Waals surface area contributed by atoms with Crippen LogP contribution in [0.2, 0.25) is 0 Å². The topological polar surface area (TPSA) is 106 Å². The summed E-state index contributed by atoms with van der Waals surface area (Å²) in [5.41, 5.74) is 2.47. The van der Waals surface area contributed by atoms with Gasteiger partial charge >= 0.3 is 11.0 Å². The second kappa shape index (κ2) is 10.2. The molecule has 3 rings (SSSR count). The van der Waals surface area contributed by atoms with Gasteiger partial charge in [-0.15, -0.1) is 0 Å². The molecule has 1 heterocycles. The highest BCUT2D eigenvalue weighted by Gasteiger charge is 2.24. The summed E-state index contributed by atoms with van der Waals surface area (Å²) in [6.45, 7) is 8.39. The van der Waals surface area contributed by atoms with E-state index in [4.69, 9.17) is 0 Å². The van der Waals surface area contributed by atoms with E-state index in [1.165, 1.54) is 4.90 Å². The first-order valence-electron chi connectivity index (χ1n) is 10.7. The van der Waals surface area contributed by atoms with Gasteiger partial charge in [0.1, 0.15) is 11.3 Å². The Morgan fingerprint density at radius 3 is 2.56 bits per heavy atom. The van der Waals surface area contributed by atoms with Crippen LogP contribution in [0.4, 0.5) is 4.79 Å². The van der Waals surface area contributed by atoms with Crippen molar-refractivity contribution in [3.63, 3.8) is 0 Å². The molecule has 0 fully saturated rings. The first kappa shape index (κ1) is 23.8. The standard InChI is InChI=1S/C24H31N3O4S/c1-24(2,3)15-25-11-12-27(23(30)31)14-17(13-16-7-5-4-6-8-16)18-9-10-19(28)20-21(18)32-22(29)26-20/h4-10,17,25,28H,11-15H2,1-3H3,(H,26,29)(H,30,31). The fraction of sp³-hybridized carbons (Fsp3) is 0.417. The Morgan fingerprint density at radius 1 is 1.19 bits per heavy atom. The normalized spacial score (nSPS) is 12.7. The van der Waals surface area contributed by atoms with Gasteiger partial charge in [0.15, 0.2) is 0 Å². The van der Waals surface area contributed by atoms with Gasteiger partial charge in [0.2, 0.25) is 0 Å². The highest BCUT2D eigenvalue weighted by molar-refractivity contribution is 7.16. The molecule has 3 aromatic rings. The third-order valence-corrected chi connectivity index (χ3v) is 6.21. The molecule has 1 atom stereocenters. The minimum atomic E-state index is -0.974. The van der Waals surface area contributed by atoms with Crippen molar-refractivity contribution >= 4 is 27.6 Å². The van der Waals surface area contributed by atoms with Crippen LogP contribution in [-0.2, 0) is 6.42 Å². The number of rotatable bonds is 9. The second-order valence-electron chi connectivity index (χ2n) is 9.25. The molecule has 0 spiro atoms. The molecule has 8 heteroatoms. The van der Waals surface area contributed by atoms with Crippen molar-refractivity contribution in [2.24, 2.45) is 5.41 Å². The van der Waals surface area contributed by atoms with Crippen molar-refractivity contribution < 1.29 is 15.0 Å². The number of H-pyrrole nitrogens is 1. The number of phenols is 1. The third kappa shape index (κ3) is 6.34. The number of nitrogens with one attached hydrogen (secondary N) is 2. The van der Waals surface area contributed by atoms with Gasteiger partial charge in [-0.3, -0.25) is 4.79 Å². The van der Waals surface area contributed by atoms with Crippen molar-refractivity contribution in [3.05, 3.63) is 63.3 Å². The lowest BCUT2D eigenvalue weighted by atomic mass is 9.91. The molecule has 4 N–H and O–H groups in total. The molecular formula is C24H31N3O4S. The van der Waals surface area contributed by atoms with Crippen LogP contribution >= 0.6 is 11.3 Å². The maximum absolute atomic E-state index is 12.0. The zero-order valence-electron chi connectivity index (χ0n) is 18.7. The first-order chi connectivity index (χ1) is 15.1. The molecule has 0 bridgehead atoms. The monoisotopic (exact) mass is 457 g/mol. The Labute approximate surface area is 191 Å². The number of carboxylic acid groups (broad SMARTS) is 1. The number of thiazole rings is 1. The van der Waals surface area contributed by atoms with Gasteiger partial charge in [0.25, 0.3) is 0 Å². The van der Waals surface area contributed by atoms with E-state index in [1.54, 1.807) is 12.1 Å². The summed E-state index contributed by atoms with van der Waals surface area (Å²) >= 11 is 1.04. The van der Waals surface area contributed by atoms with E-state index >= 15 is 0 Å². The van der Waals surface area contributed by atoms with Crippen LogP contribution < -0.4 is 10.2 Å². The number of hydrogen-bond acceptors (Lipinski definition) is 5. The first-order valence-corrected chi connectivity index (χ1v) is 11.5. The quantitative estimate of drug-likeness (QED) is 0.360. The molecule has 0 saturated heterocycles. The molecule has 1 amide bonds. The average Bonchev–Trinajstić information content (AvgIpc) is 3.12. The zero-order valence-corrected chi connectivity index (χ0v) is 19.5. The van der Waals surface area contributed by atoms with E-state index in [9.17, 15) is 19.8 Å². The smallest absolute Gasteiger partial charge is 0.407 e. The van der Waals surface area contributed by atoms with E-state index in [-0.39, 0.29) is 28.5 Å². The van der Waals surface area contributed by atoms with Crippen LogP contribution in [0.3, 0.4) is 0 Å². The number of aromatic hydroxyl groups is 1. The Morgan fingerprint density at radius 2 is 1.91 bits per heavy atom. The van der Waals surface area contributed by atoms with Crippen molar-refractivity contribution in [2.45, 2.75) is 33.1 Å². The summed E-state index contributed by atoms with van der Waals surface area (Å²) in [6.07, 6.45) is -0.357. The fourth-order valence-corrected chi connectivity index (χ4v) is 4.69. The lowest BCUT2D eigenvalue weighted by molar-refractivity contribution is 0.141. The molecule has 7 nitrogen and oxygen atoms in total. The molecule has 0 aliphatic heterocycles. The number of nitrogens with zero attached hydrogens (tertiary/aromatic N) is 1. The summed E-state index contributed by atoms with van der Waals surface area (Å²) < 4.78 is 0.673. The summed E-state index contributed by atoms with van der Waals surface area (Å²) in [6, 6.07) is 13.2. The number of aromatic nitrogens is 1. The summed E-state index contributed by atoms with van der Waals surface area (Å²) in [7, 11) is 0. The molecule has 0 saturated carbocycles. The van der Waals surface area contributed by atoms with Gasteiger partial charge in [-0.2, -0.15) is 0 Å². The maximum Gasteiger partial charge on any atom is 0.407 e. The van der Waals surface area contributed by atoms with Gasteiger partial charge in [0.05, 0.1) is 4.70 Å². The van der Waals surface area contributed by atoms with E-state index in [0.717, 1.165) is 29.0 Å². The van der Waals surface area contributed by atoms with E-state index in [0.29, 0.717) is 29.7 Å². The van der Waals surface area contributed by atoms with Crippen molar-refractivity contribution in [3.8, 4) is 5.75 Å². The third-order valence-electron chi connectivity index (χ3n) is 5.28. The molecular weight excluding hydrogens is 426 g/mol. The van der Waals surface area contributed by atoms with Crippen LogP contribution in [0.1, 0.15) is 37.8 Å². The number of hydrogen-bond donors (Lipinski definition) is 4. The highest BCUT2D eigenvalue weighted by atomic mass is 32.1. The molecule has 1 aromatic heterocycles. The molecule has 32 heavy (non-hydrogen) atoms. The maximum atomic E-state index is 12.0. The number of amides is 1. The van der Waals surface area contributed by atoms with Crippen LogP contribution in [0.15, 0.2) is 47.3 Å². The van der Waals surface area contributed by atoms with E-state index < -0.39 is 6.09 Å². The predicted octanol–water partition coefficient (Wildman–Crippen LogP) is 4.24. The van der Waals surface area contributed by atoms with Gasteiger partial charge in [-0.1, -0.05) is 68.5 Å². The van der Waals surface area contributed by atoms with Gasteiger partial charge in [-0.25, -0.2) is 4.79 Å². The molecule has 2 aromatic carbocycles. The Balaban J connectivity index is 1.88. The Kier molecular flexibility index (Phi) is 7.58. The van der Waals surface area contributed by atoms with Gasteiger partial charge in [-0.05, 0) is 29.0 Å². The second-order valence-corrected chi connectivity index (χ2v) is 10.2. The largest absolute Gasteiger partial charge is 0.506 e. The lowest BCUT2D eigenvalue weighted by Gasteiger charge is -2.27. The highest BCUT2D eigenvalue weighted by Crippen LogP contribution is 2.34. The Bertz CT molecular complexity index is 1100. The average molecular weight is 458 g/mol. The number of carbonyl (C=O) groups is 1.